The summed E-state index contributed by atoms with van der Waals surface area (Å²) < 4.78 is 18.8. The second kappa shape index (κ2) is 8.87. The van der Waals surface area contributed by atoms with Crippen LogP contribution in [-0.4, -0.2) is 84.1 Å². The molecule has 1 aromatic rings. The molecule has 0 spiro atoms. The largest absolute Gasteiger partial charge is 0.388 e. The van der Waals surface area contributed by atoms with E-state index in [0.29, 0.717) is 26.2 Å². The zero-order valence-corrected chi connectivity index (χ0v) is 16.7. The van der Waals surface area contributed by atoms with E-state index in [2.05, 4.69) is 10.2 Å². The molecule has 3 fully saturated rings. The van der Waals surface area contributed by atoms with Gasteiger partial charge >= 0.3 is 0 Å². The summed E-state index contributed by atoms with van der Waals surface area (Å²) in [5, 5.41) is 23.2. The molecule has 8 nitrogen and oxygen atoms in total. The fourth-order valence-electron chi connectivity index (χ4n) is 4.02. The summed E-state index contributed by atoms with van der Waals surface area (Å²) in [6.07, 6.45) is -2.10. The van der Waals surface area contributed by atoms with Gasteiger partial charge in [-0.3, -0.25) is 9.59 Å². The fraction of sp³-hybridized carbons (Fsp3) is 0.619. The van der Waals surface area contributed by atoms with Crippen LogP contribution < -0.4 is 10.2 Å². The first-order valence-electron chi connectivity index (χ1n) is 10.5. The van der Waals surface area contributed by atoms with Crippen molar-refractivity contribution in [3.8, 4) is 0 Å². The molecular weight excluding hydrogens is 393 g/mol. The van der Waals surface area contributed by atoms with Gasteiger partial charge in [0.15, 0.2) is 0 Å². The maximum absolute atomic E-state index is 13.1. The topological polar surface area (TPSA) is 102 Å². The Bertz CT molecular complexity index is 764. The average molecular weight is 421 g/mol. The molecule has 0 aromatic heterocycles. The van der Waals surface area contributed by atoms with E-state index in [-0.39, 0.29) is 36.5 Å². The Kier molecular flexibility index (Phi) is 6.21. The lowest BCUT2D eigenvalue weighted by Crippen LogP contribution is -2.49. The number of carbonyl (C=O) groups excluding carboxylic acids is 2. The quantitative estimate of drug-likeness (QED) is 0.592. The van der Waals surface area contributed by atoms with Gasteiger partial charge in [0, 0.05) is 44.3 Å². The molecule has 2 heterocycles. The van der Waals surface area contributed by atoms with Crippen molar-refractivity contribution >= 4 is 17.5 Å². The zero-order chi connectivity index (χ0) is 21.3. The molecule has 0 radical (unpaired) electrons. The Morgan fingerprint density at radius 3 is 2.30 bits per heavy atom. The Hall–Kier alpha value is -2.23. The van der Waals surface area contributed by atoms with Gasteiger partial charge in [0.1, 0.15) is 24.1 Å². The summed E-state index contributed by atoms with van der Waals surface area (Å²) in [5.41, 5.74) is 0.914. The van der Waals surface area contributed by atoms with Gasteiger partial charge in [0.2, 0.25) is 11.8 Å². The van der Waals surface area contributed by atoms with Gasteiger partial charge in [-0.25, -0.2) is 4.39 Å². The van der Waals surface area contributed by atoms with E-state index in [9.17, 15) is 24.2 Å². The van der Waals surface area contributed by atoms with Crippen molar-refractivity contribution in [3.63, 3.8) is 0 Å². The first-order valence-corrected chi connectivity index (χ1v) is 10.5. The molecule has 4 unspecified atom stereocenters. The van der Waals surface area contributed by atoms with Gasteiger partial charge in [0.25, 0.3) is 0 Å². The average Bonchev–Trinajstić information content (AvgIpc) is 3.57. The highest BCUT2D eigenvalue weighted by Crippen LogP contribution is 2.29. The number of ether oxygens (including phenoxy) is 1. The molecule has 3 aliphatic rings. The van der Waals surface area contributed by atoms with E-state index in [1.165, 1.54) is 12.1 Å². The molecule has 9 heteroatoms. The Morgan fingerprint density at radius 2 is 1.67 bits per heavy atom. The molecule has 2 aliphatic heterocycles. The Balaban J connectivity index is 1.24. The molecular formula is C21H28FN3O5. The van der Waals surface area contributed by atoms with Crippen molar-refractivity contribution < 1.29 is 28.9 Å². The molecule has 1 aromatic carbocycles. The van der Waals surface area contributed by atoms with Crippen molar-refractivity contribution in [1.29, 1.82) is 0 Å². The van der Waals surface area contributed by atoms with Crippen molar-refractivity contribution in [2.75, 3.05) is 37.6 Å². The van der Waals surface area contributed by atoms with Crippen molar-refractivity contribution in [1.82, 2.24) is 10.2 Å². The predicted molar refractivity (Wildman–Crippen MR) is 106 cm³/mol. The summed E-state index contributed by atoms with van der Waals surface area (Å²) in [6.45, 7) is 2.41. The predicted octanol–water partition coefficient (Wildman–Crippen LogP) is -0.120. The third-order valence-electron chi connectivity index (χ3n) is 6.09. The third kappa shape index (κ3) is 4.74. The fourth-order valence-corrected chi connectivity index (χ4v) is 4.02. The molecule has 164 valence electrons. The minimum Gasteiger partial charge on any atom is -0.388 e. The van der Waals surface area contributed by atoms with Crippen LogP contribution in [0.2, 0.25) is 0 Å². The third-order valence-corrected chi connectivity index (χ3v) is 6.09. The summed E-state index contributed by atoms with van der Waals surface area (Å²) in [4.78, 5) is 28.3. The number of aliphatic hydroxyl groups excluding tert-OH is 2. The monoisotopic (exact) mass is 421 g/mol. The lowest BCUT2D eigenvalue weighted by Gasteiger charge is -2.36. The number of benzene rings is 1. The molecule has 0 bridgehead atoms. The zero-order valence-electron chi connectivity index (χ0n) is 16.7. The van der Waals surface area contributed by atoms with E-state index < -0.39 is 24.4 Å². The number of aliphatic hydroxyl groups is 2. The van der Waals surface area contributed by atoms with Crippen LogP contribution in [0.15, 0.2) is 24.3 Å². The number of nitrogens with one attached hydrogen (secondary N) is 1. The van der Waals surface area contributed by atoms with E-state index in [4.69, 9.17) is 4.74 Å². The highest BCUT2D eigenvalue weighted by molar-refractivity contribution is 5.80. The number of piperazine rings is 1. The first-order chi connectivity index (χ1) is 14.4. The molecule has 2 saturated heterocycles. The number of halogens is 1. The molecule has 3 N–H and O–H groups in total. The van der Waals surface area contributed by atoms with Crippen LogP contribution in [0, 0.1) is 11.7 Å². The Morgan fingerprint density at radius 1 is 1.03 bits per heavy atom. The first kappa shape index (κ1) is 21.0. The standard InChI is InChI=1S/C21H28FN3O5/c22-14-3-5-15(6-4-14)24-7-9-25(10-8-24)18(26)11-16-19(27)20(28)17(30-16)12-23-21(29)13-1-2-13/h3-6,13,16-17,19-20,27-28H,1-2,7-12H2,(H,23,29). The van der Waals surface area contributed by atoms with Crippen molar-refractivity contribution in [3.05, 3.63) is 30.1 Å². The number of carbonyl (C=O) groups is 2. The van der Waals surface area contributed by atoms with Gasteiger partial charge < -0.3 is 30.1 Å². The summed E-state index contributed by atoms with van der Waals surface area (Å²) >= 11 is 0. The number of rotatable bonds is 6. The lowest BCUT2D eigenvalue weighted by molar-refractivity contribution is -0.135. The number of hydrogen-bond acceptors (Lipinski definition) is 6. The van der Waals surface area contributed by atoms with E-state index >= 15 is 0 Å². The number of hydrogen-bond donors (Lipinski definition) is 3. The minimum atomic E-state index is -1.17. The van der Waals surface area contributed by atoms with Gasteiger partial charge in [-0.15, -0.1) is 0 Å². The number of amides is 2. The van der Waals surface area contributed by atoms with E-state index in [1.54, 1.807) is 17.0 Å². The van der Waals surface area contributed by atoms with Crippen LogP contribution in [0.1, 0.15) is 19.3 Å². The smallest absolute Gasteiger partial charge is 0.225 e. The number of anilines is 1. The van der Waals surface area contributed by atoms with E-state index in [1.807, 2.05) is 0 Å². The van der Waals surface area contributed by atoms with Gasteiger partial charge in [-0.05, 0) is 37.1 Å². The van der Waals surface area contributed by atoms with Crippen LogP contribution in [0.5, 0.6) is 0 Å². The summed E-state index contributed by atoms with van der Waals surface area (Å²) in [6, 6.07) is 6.28. The van der Waals surface area contributed by atoms with Crippen LogP contribution >= 0.6 is 0 Å². The van der Waals surface area contributed by atoms with E-state index in [0.717, 1.165) is 18.5 Å². The second-order valence-corrected chi connectivity index (χ2v) is 8.26. The molecule has 4 rings (SSSR count). The summed E-state index contributed by atoms with van der Waals surface area (Å²) in [7, 11) is 0. The lowest BCUT2D eigenvalue weighted by atomic mass is 10.0. The summed E-state index contributed by atoms with van der Waals surface area (Å²) in [5.74, 6) is -0.429. The molecule has 1 saturated carbocycles. The van der Waals surface area contributed by atoms with Crippen LogP contribution in [0.4, 0.5) is 10.1 Å². The van der Waals surface area contributed by atoms with Gasteiger partial charge in [0.05, 0.1) is 12.5 Å². The maximum atomic E-state index is 13.1. The van der Waals surface area contributed by atoms with Crippen molar-refractivity contribution in [2.45, 2.75) is 43.7 Å². The van der Waals surface area contributed by atoms with Crippen molar-refractivity contribution in [2.24, 2.45) is 5.92 Å². The highest BCUT2D eigenvalue weighted by atomic mass is 19.1. The maximum Gasteiger partial charge on any atom is 0.225 e. The number of nitrogens with zero attached hydrogens (tertiary/aromatic N) is 2. The van der Waals surface area contributed by atoms with Gasteiger partial charge in [-0.1, -0.05) is 0 Å². The normalized spacial score (nSPS) is 29.2. The van der Waals surface area contributed by atoms with Gasteiger partial charge in [-0.2, -0.15) is 0 Å². The second-order valence-electron chi connectivity index (χ2n) is 8.26. The molecule has 2 amide bonds. The highest BCUT2D eigenvalue weighted by Gasteiger charge is 2.44. The molecule has 30 heavy (non-hydrogen) atoms. The van der Waals surface area contributed by atoms with Crippen LogP contribution in [-0.2, 0) is 14.3 Å². The SMILES string of the molecule is O=C(NCC1OC(CC(=O)N2CCN(c3ccc(F)cc3)CC2)C(O)C1O)C1CC1. The molecule has 1 aliphatic carbocycles. The minimum absolute atomic E-state index is 0.0259. The molecule has 4 atom stereocenters. The van der Waals surface area contributed by atoms with Crippen LogP contribution in [0.3, 0.4) is 0 Å². The van der Waals surface area contributed by atoms with Crippen LogP contribution in [0.25, 0.3) is 0 Å². The Labute approximate surface area is 174 Å².